The summed E-state index contributed by atoms with van der Waals surface area (Å²) in [5.74, 6) is -0.818. The van der Waals surface area contributed by atoms with Crippen LogP contribution in [0.5, 0.6) is 0 Å². The molecule has 52 heavy (non-hydrogen) atoms. The molecule has 9 nitrogen and oxygen atoms in total. The van der Waals surface area contributed by atoms with E-state index in [1.807, 2.05) is 21.1 Å². The van der Waals surface area contributed by atoms with Crippen molar-refractivity contribution in [1.82, 2.24) is 0 Å². The van der Waals surface area contributed by atoms with Gasteiger partial charge in [-0.25, -0.2) is 4.57 Å². The summed E-state index contributed by atoms with van der Waals surface area (Å²) in [4.78, 5) is 35.3. The molecule has 1 N–H and O–H groups in total. The Morgan fingerprint density at radius 2 is 1.00 bits per heavy atom. The molecule has 0 saturated heterocycles. The largest absolute Gasteiger partial charge is 0.472 e. The van der Waals surface area contributed by atoms with Crippen LogP contribution in [0.3, 0.4) is 0 Å². The van der Waals surface area contributed by atoms with Gasteiger partial charge >= 0.3 is 19.8 Å². The third kappa shape index (κ3) is 38.2. The lowest BCUT2D eigenvalue weighted by Gasteiger charge is -2.24. The first kappa shape index (κ1) is 50.5. The second-order valence-electron chi connectivity index (χ2n) is 15.4. The number of hydrogen-bond acceptors (Lipinski definition) is 7. The fourth-order valence-electron chi connectivity index (χ4n) is 5.58. The normalized spacial score (nSPS) is 13.9. The van der Waals surface area contributed by atoms with E-state index in [-0.39, 0.29) is 32.0 Å². The molecule has 0 heterocycles. The van der Waals surface area contributed by atoms with Crippen LogP contribution in [0.15, 0.2) is 24.3 Å². The van der Waals surface area contributed by atoms with Gasteiger partial charge in [0.05, 0.1) is 27.7 Å². The number of nitrogens with zero attached hydrogens (tertiary/aromatic N) is 1. The van der Waals surface area contributed by atoms with Gasteiger partial charge < -0.3 is 18.9 Å². The van der Waals surface area contributed by atoms with Crippen LogP contribution >= 0.6 is 7.82 Å². The zero-order valence-corrected chi connectivity index (χ0v) is 35.2. The Labute approximate surface area is 319 Å². The van der Waals surface area contributed by atoms with E-state index >= 15 is 0 Å². The minimum absolute atomic E-state index is 0.0302. The lowest BCUT2D eigenvalue weighted by atomic mass is 10.1. The molecule has 306 valence electrons. The molecule has 0 aromatic carbocycles. The molecule has 0 bridgehead atoms. The Kier molecular flexibility index (Phi) is 34.2. The van der Waals surface area contributed by atoms with Gasteiger partial charge in [0.25, 0.3) is 0 Å². The molecule has 1 unspecified atom stereocenters. The Morgan fingerprint density at radius 3 is 1.50 bits per heavy atom. The highest BCUT2D eigenvalue weighted by Crippen LogP contribution is 2.43. The van der Waals surface area contributed by atoms with Gasteiger partial charge in [0.15, 0.2) is 6.10 Å². The van der Waals surface area contributed by atoms with Crippen molar-refractivity contribution in [3.8, 4) is 0 Å². The van der Waals surface area contributed by atoms with Crippen molar-refractivity contribution in [2.75, 3.05) is 47.5 Å². The molecule has 0 aliphatic carbocycles. The van der Waals surface area contributed by atoms with Crippen molar-refractivity contribution in [3.05, 3.63) is 24.3 Å². The Morgan fingerprint density at radius 1 is 0.577 bits per heavy atom. The molecule has 2 atom stereocenters. The fraction of sp³-hybridized carbons (Fsp3) is 0.857. The highest BCUT2D eigenvalue weighted by molar-refractivity contribution is 7.47. The van der Waals surface area contributed by atoms with Crippen LogP contribution in [0, 0.1) is 0 Å². The highest BCUT2D eigenvalue weighted by atomic mass is 31.2. The molecule has 0 saturated carbocycles. The van der Waals surface area contributed by atoms with Gasteiger partial charge in [-0.3, -0.25) is 18.6 Å². The molecule has 0 amide bonds. The van der Waals surface area contributed by atoms with E-state index in [9.17, 15) is 19.0 Å². The molecular formula is C42H81NO8P+. The number of ether oxygens (including phenoxy) is 2. The maximum absolute atomic E-state index is 12.7. The number of rotatable bonds is 38. The highest BCUT2D eigenvalue weighted by Gasteiger charge is 2.27. The van der Waals surface area contributed by atoms with Gasteiger partial charge in [-0.2, -0.15) is 0 Å². The van der Waals surface area contributed by atoms with E-state index in [4.69, 9.17) is 18.5 Å². The summed E-state index contributed by atoms with van der Waals surface area (Å²) in [7, 11) is 1.47. The lowest BCUT2D eigenvalue weighted by molar-refractivity contribution is -0.870. The lowest BCUT2D eigenvalue weighted by Crippen LogP contribution is -2.37. The second-order valence-corrected chi connectivity index (χ2v) is 16.8. The van der Waals surface area contributed by atoms with Crippen LogP contribution in [-0.2, 0) is 32.7 Å². The van der Waals surface area contributed by atoms with Crippen LogP contribution in [0.25, 0.3) is 0 Å². The minimum atomic E-state index is -4.37. The number of allylic oxidation sites excluding steroid dienone is 4. The molecule has 0 aromatic heterocycles. The number of hydrogen-bond donors (Lipinski definition) is 1. The van der Waals surface area contributed by atoms with Crippen molar-refractivity contribution in [2.24, 2.45) is 0 Å². The van der Waals surface area contributed by atoms with Gasteiger partial charge in [-0.15, -0.1) is 0 Å². The predicted octanol–water partition coefficient (Wildman–Crippen LogP) is 11.6. The van der Waals surface area contributed by atoms with Crippen LogP contribution in [0.4, 0.5) is 0 Å². The average Bonchev–Trinajstić information content (AvgIpc) is 3.09. The summed E-state index contributed by atoms with van der Waals surface area (Å²) in [6, 6.07) is 0. The van der Waals surface area contributed by atoms with Gasteiger partial charge in [0.2, 0.25) is 0 Å². The van der Waals surface area contributed by atoms with Gasteiger partial charge in [-0.05, 0) is 57.8 Å². The number of carbonyl (C=O) groups is 2. The van der Waals surface area contributed by atoms with E-state index in [1.54, 1.807) is 0 Å². The first-order valence-corrected chi connectivity index (χ1v) is 22.6. The molecular weight excluding hydrogens is 677 g/mol. The monoisotopic (exact) mass is 759 g/mol. The summed E-state index contributed by atoms with van der Waals surface area (Å²) in [5, 5.41) is 0. The minimum Gasteiger partial charge on any atom is -0.462 e. The van der Waals surface area contributed by atoms with Crippen molar-refractivity contribution >= 4 is 19.8 Å². The molecule has 10 heteroatoms. The average molecular weight is 759 g/mol. The maximum atomic E-state index is 12.7. The number of quaternary nitrogens is 1. The zero-order chi connectivity index (χ0) is 38.6. The van der Waals surface area contributed by atoms with E-state index in [0.717, 1.165) is 44.9 Å². The van der Waals surface area contributed by atoms with E-state index in [1.165, 1.54) is 96.3 Å². The van der Waals surface area contributed by atoms with Crippen LogP contribution in [-0.4, -0.2) is 74.9 Å². The summed E-state index contributed by atoms with van der Waals surface area (Å²) >= 11 is 0. The molecule has 0 rings (SSSR count). The van der Waals surface area contributed by atoms with Crippen LogP contribution in [0.1, 0.15) is 181 Å². The van der Waals surface area contributed by atoms with Gasteiger partial charge in [-0.1, -0.05) is 134 Å². The van der Waals surface area contributed by atoms with Crippen molar-refractivity contribution in [2.45, 2.75) is 187 Å². The van der Waals surface area contributed by atoms with Crippen molar-refractivity contribution < 1.29 is 42.1 Å². The number of esters is 2. The first-order valence-electron chi connectivity index (χ1n) is 21.1. The number of unbranched alkanes of at least 4 members (excludes halogenated alkanes) is 20. The van der Waals surface area contributed by atoms with E-state index < -0.39 is 26.5 Å². The molecule has 0 spiro atoms. The fourth-order valence-corrected chi connectivity index (χ4v) is 6.32. The Bertz CT molecular complexity index is 949. The first-order chi connectivity index (χ1) is 25.0. The third-order valence-electron chi connectivity index (χ3n) is 8.95. The van der Waals surface area contributed by atoms with E-state index in [2.05, 4.69) is 38.2 Å². The molecule has 0 radical (unpaired) electrons. The Hall–Kier alpha value is -1.51. The van der Waals surface area contributed by atoms with Crippen molar-refractivity contribution in [1.29, 1.82) is 0 Å². The quantitative estimate of drug-likeness (QED) is 0.0218. The summed E-state index contributed by atoms with van der Waals surface area (Å²) in [6.07, 6.45) is 36.5. The molecule has 0 aromatic rings. The van der Waals surface area contributed by atoms with Gasteiger partial charge in [0, 0.05) is 12.8 Å². The number of carbonyl (C=O) groups excluding carboxylic acids is 2. The number of phosphoric ester groups is 1. The second kappa shape index (κ2) is 35.2. The topological polar surface area (TPSA) is 108 Å². The summed E-state index contributed by atoms with van der Waals surface area (Å²) < 4.78 is 34.2. The standard InChI is InChI=1S/C42H80NO8P/c1-6-8-10-12-14-16-18-20-21-23-25-27-29-31-33-35-42(45)51-40(39-50-52(46,47)49-37-36-43(3,4)5)38-48-41(44)34-32-30-28-26-24-22-19-17-15-13-11-9-7-2/h12,14,22,24,40H,6-11,13,15-21,23,25-39H2,1-5H3/p+1/b14-12+,24-22+/t40-/m1/s1. The van der Waals surface area contributed by atoms with Crippen LogP contribution in [0.2, 0.25) is 0 Å². The maximum Gasteiger partial charge on any atom is 0.472 e. The molecule has 0 fully saturated rings. The third-order valence-corrected chi connectivity index (χ3v) is 9.94. The van der Waals surface area contributed by atoms with Crippen molar-refractivity contribution in [3.63, 3.8) is 0 Å². The smallest absolute Gasteiger partial charge is 0.462 e. The molecule has 0 aliphatic heterocycles. The SMILES string of the molecule is CCCC/C=C/CCCCCCCCCCCC(=O)O[C@H](COC(=O)CCCCC/C=C/CCCCCCCC)COP(=O)(O)OCC[N+](C)(C)C. The Balaban J connectivity index is 4.40. The zero-order valence-electron chi connectivity index (χ0n) is 34.3. The predicted molar refractivity (Wildman–Crippen MR) is 215 cm³/mol. The van der Waals surface area contributed by atoms with E-state index in [0.29, 0.717) is 23.9 Å². The number of likely N-dealkylation sites (N-methyl/N-ethyl adjacent to an activating group) is 1. The van der Waals surface area contributed by atoms with Crippen LogP contribution < -0.4 is 0 Å². The molecule has 0 aliphatic rings. The van der Waals surface area contributed by atoms with Gasteiger partial charge in [0.1, 0.15) is 19.8 Å². The summed E-state index contributed by atoms with van der Waals surface area (Å²) in [6.45, 7) is 4.36. The number of phosphoric acid groups is 1. The summed E-state index contributed by atoms with van der Waals surface area (Å²) in [5.41, 5.74) is 0.